The highest BCUT2D eigenvalue weighted by Gasteiger charge is 2.01. The van der Waals surface area contributed by atoms with E-state index < -0.39 is 0 Å². The molecule has 1 aromatic heterocycles. The van der Waals surface area contributed by atoms with Gasteiger partial charge in [-0.05, 0) is 5.92 Å². The lowest BCUT2D eigenvalue weighted by molar-refractivity contribution is -0.685. The van der Waals surface area contributed by atoms with E-state index in [0.29, 0.717) is 6.54 Å². The fourth-order valence-corrected chi connectivity index (χ4v) is 1.39. The van der Waals surface area contributed by atoms with Crippen LogP contribution in [0, 0.1) is 19.3 Å². The Labute approximate surface area is 59.0 Å². The molecule has 1 heterocycles. The minimum atomic E-state index is 0.690. The van der Waals surface area contributed by atoms with E-state index in [0.717, 1.165) is 0 Å². The Bertz CT molecular complexity index is 231. The lowest BCUT2D eigenvalue weighted by Crippen LogP contribution is -2.32. The molecule has 0 radical (unpaired) electrons. The first-order valence-corrected chi connectivity index (χ1v) is 3.64. The Morgan fingerprint density at radius 1 is 1.89 bits per heavy atom. The van der Waals surface area contributed by atoms with E-state index in [4.69, 9.17) is 6.42 Å². The zero-order valence-corrected chi connectivity index (χ0v) is 6.11. The van der Waals surface area contributed by atoms with Crippen LogP contribution >= 0.6 is 11.3 Å². The largest absolute Gasteiger partial charge is 0.225 e. The van der Waals surface area contributed by atoms with Crippen molar-refractivity contribution in [3.63, 3.8) is 0 Å². The Balaban J connectivity index is 2.84. The molecule has 0 aliphatic heterocycles. The molecule has 46 valence electrons. The molecule has 1 rings (SSSR count). The summed E-state index contributed by atoms with van der Waals surface area (Å²) >= 11 is 1.67. The third-order valence-electron chi connectivity index (χ3n) is 1.14. The van der Waals surface area contributed by atoms with Crippen LogP contribution in [0.25, 0.3) is 0 Å². The van der Waals surface area contributed by atoms with Crippen molar-refractivity contribution in [2.45, 2.75) is 13.5 Å². The smallest absolute Gasteiger partial charge is 0.181 e. The van der Waals surface area contributed by atoms with E-state index in [2.05, 4.69) is 11.3 Å². The minimum absolute atomic E-state index is 0.690. The summed E-state index contributed by atoms with van der Waals surface area (Å²) in [6.45, 7) is 2.74. The van der Waals surface area contributed by atoms with Gasteiger partial charge in [0.15, 0.2) is 5.69 Å². The highest BCUT2D eigenvalue weighted by atomic mass is 32.1. The molecule has 0 atom stereocenters. The molecule has 0 amide bonds. The van der Waals surface area contributed by atoms with Crippen LogP contribution in [-0.4, -0.2) is 0 Å². The second-order valence-corrected chi connectivity index (χ2v) is 2.55. The van der Waals surface area contributed by atoms with Crippen molar-refractivity contribution in [1.82, 2.24) is 0 Å². The van der Waals surface area contributed by atoms with Gasteiger partial charge in [-0.15, -0.1) is 6.42 Å². The van der Waals surface area contributed by atoms with E-state index in [1.807, 2.05) is 17.0 Å². The predicted molar refractivity (Wildman–Crippen MR) is 38.1 cm³/mol. The number of terminal acetylenes is 1. The fraction of sp³-hybridized carbons (Fsp3) is 0.286. The Kier molecular flexibility index (Phi) is 1.86. The summed E-state index contributed by atoms with van der Waals surface area (Å²) in [5.41, 5.74) is 3.26. The van der Waals surface area contributed by atoms with Crippen LogP contribution in [-0.2, 0) is 6.54 Å². The number of aryl methyl sites for hydroxylation is 1. The van der Waals surface area contributed by atoms with Crippen LogP contribution in [0.5, 0.6) is 0 Å². The minimum Gasteiger partial charge on any atom is -0.181 e. The van der Waals surface area contributed by atoms with Crippen LogP contribution in [0.1, 0.15) is 5.69 Å². The van der Waals surface area contributed by atoms with Crippen LogP contribution < -0.4 is 4.57 Å². The highest BCUT2D eigenvalue weighted by Crippen LogP contribution is 1.95. The van der Waals surface area contributed by atoms with Crippen molar-refractivity contribution in [2.24, 2.45) is 0 Å². The molecule has 0 bridgehead atoms. The van der Waals surface area contributed by atoms with Gasteiger partial charge >= 0.3 is 0 Å². The van der Waals surface area contributed by atoms with Gasteiger partial charge < -0.3 is 0 Å². The second-order valence-electron chi connectivity index (χ2n) is 1.83. The van der Waals surface area contributed by atoms with Gasteiger partial charge in [-0.25, -0.2) is 0 Å². The van der Waals surface area contributed by atoms with Gasteiger partial charge in [0.2, 0.25) is 12.1 Å². The Morgan fingerprint density at radius 3 is 3.11 bits per heavy atom. The molecule has 0 saturated carbocycles. The zero-order chi connectivity index (χ0) is 6.69. The normalized spacial score (nSPS) is 8.89. The first-order valence-electron chi connectivity index (χ1n) is 2.70. The Hall–Kier alpha value is -0.810. The average molecular weight is 138 g/mol. The molecule has 0 aromatic carbocycles. The van der Waals surface area contributed by atoms with Crippen molar-refractivity contribution in [3.8, 4) is 12.3 Å². The SMILES string of the molecule is C#CC[n+]1cscc1C. The molecule has 9 heavy (non-hydrogen) atoms. The van der Waals surface area contributed by atoms with E-state index in [1.165, 1.54) is 5.69 Å². The van der Waals surface area contributed by atoms with Crippen LogP contribution in [0.4, 0.5) is 0 Å². The molecule has 1 nitrogen and oxygen atoms in total. The van der Waals surface area contributed by atoms with Crippen LogP contribution in [0.3, 0.4) is 0 Å². The van der Waals surface area contributed by atoms with E-state index >= 15 is 0 Å². The summed E-state index contributed by atoms with van der Waals surface area (Å²) in [4.78, 5) is 0. The zero-order valence-electron chi connectivity index (χ0n) is 5.29. The first kappa shape index (κ1) is 6.31. The summed E-state index contributed by atoms with van der Waals surface area (Å²) < 4.78 is 2.05. The third kappa shape index (κ3) is 1.30. The number of aromatic nitrogens is 1. The molecule has 0 saturated heterocycles. The third-order valence-corrected chi connectivity index (χ3v) is 1.99. The standard InChI is InChI=1S/C7H8NS/c1-3-4-8-6-9-5-7(8)2/h1,5-6H,4H2,2H3/q+1. The molecule has 0 fully saturated rings. The van der Waals surface area contributed by atoms with E-state index in [1.54, 1.807) is 11.3 Å². The highest BCUT2D eigenvalue weighted by molar-refractivity contribution is 7.07. The topological polar surface area (TPSA) is 3.88 Å². The fourth-order valence-electron chi connectivity index (χ4n) is 0.614. The van der Waals surface area contributed by atoms with Crippen molar-refractivity contribution in [1.29, 1.82) is 0 Å². The molecular formula is C7H8NS+. The number of rotatable bonds is 1. The van der Waals surface area contributed by atoms with Gasteiger partial charge in [0.25, 0.3) is 0 Å². The van der Waals surface area contributed by atoms with E-state index in [-0.39, 0.29) is 0 Å². The van der Waals surface area contributed by atoms with Crippen molar-refractivity contribution >= 4 is 11.3 Å². The molecule has 0 spiro atoms. The Morgan fingerprint density at radius 2 is 2.67 bits per heavy atom. The van der Waals surface area contributed by atoms with Crippen molar-refractivity contribution in [2.75, 3.05) is 0 Å². The summed E-state index contributed by atoms with van der Waals surface area (Å²) in [6, 6.07) is 0. The van der Waals surface area contributed by atoms with Crippen LogP contribution in [0.2, 0.25) is 0 Å². The lowest BCUT2D eigenvalue weighted by atomic mass is 10.5. The molecule has 0 aliphatic carbocycles. The summed E-state index contributed by atoms with van der Waals surface area (Å²) in [5, 5.41) is 2.08. The molecule has 1 aromatic rings. The van der Waals surface area contributed by atoms with Crippen molar-refractivity contribution in [3.05, 3.63) is 16.6 Å². The van der Waals surface area contributed by atoms with Crippen LogP contribution in [0.15, 0.2) is 10.9 Å². The second kappa shape index (κ2) is 2.65. The summed E-state index contributed by atoms with van der Waals surface area (Å²) in [7, 11) is 0. The molecular weight excluding hydrogens is 130 g/mol. The quantitative estimate of drug-likeness (QED) is 0.402. The van der Waals surface area contributed by atoms with Gasteiger partial charge in [-0.2, -0.15) is 4.57 Å². The number of thiazole rings is 1. The molecule has 0 unspecified atom stereocenters. The maximum atomic E-state index is 5.12. The summed E-state index contributed by atoms with van der Waals surface area (Å²) in [5.74, 6) is 2.58. The maximum absolute atomic E-state index is 5.12. The van der Waals surface area contributed by atoms with Crippen molar-refractivity contribution < 1.29 is 4.57 Å². The first-order chi connectivity index (χ1) is 4.34. The monoisotopic (exact) mass is 138 g/mol. The van der Waals surface area contributed by atoms with E-state index in [9.17, 15) is 0 Å². The predicted octanol–water partition coefficient (Wildman–Crippen LogP) is 0.977. The number of hydrogen-bond donors (Lipinski definition) is 0. The van der Waals surface area contributed by atoms with Gasteiger partial charge in [-0.1, -0.05) is 11.3 Å². The van der Waals surface area contributed by atoms with Gasteiger partial charge in [0.05, 0.1) is 5.38 Å². The van der Waals surface area contributed by atoms with Gasteiger partial charge in [0.1, 0.15) is 0 Å². The molecule has 0 aliphatic rings. The number of hydrogen-bond acceptors (Lipinski definition) is 1. The molecule has 0 N–H and O–H groups in total. The summed E-state index contributed by atoms with van der Waals surface area (Å²) in [6.07, 6.45) is 5.12. The number of nitrogens with zero attached hydrogens (tertiary/aromatic N) is 1. The van der Waals surface area contributed by atoms with Gasteiger partial charge in [-0.3, -0.25) is 0 Å². The van der Waals surface area contributed by atoms with Gasteiger partial charge in [0, 0.05) is 6.92 Å². The molecule has 2 heteroatoms. The lowest BCUT2D eigenvalue weighted by Gasteiger charge is -1.82. The maximum Gasteiger partial charge on any atom is 0.225 e. The average Bonchev–Trinajstić information content (AvgIpc) is 2.18.